The molecule has 140 valence electrons. The van der Waals surface area contributed by atoms with Gasteiger partial charge in [0.05, 0.1) is 12.3 Å². The van der Waals surface area contributed by atoms with Crippen LogP contribution in [0.2, 0.25) is 0 Å². The topological polar surface area (TPSA) is 106 Å². The highest BCUT2D eigenvalue weighted by Gasteiger charge is 2.23. The maximum atomic E-state index is 12.1. The van der Waals surface area contributed by atoms with E-state index in [0.717, 1.165) is 12.8 Å². The molecular weight excluding hydrogens is 336 g/mol. The number of amides is 2. The number of aromatic nitrogens is 4. The number of ether oxygens (including phenoxy) is 1. The molecule has 1 aliphatic rings. The second-order valence-corrected chi connectivity index (χ2v) is 6.68. The molecule has 0 spiro atoms. The number of rotatable bonds is 6. The zero-order valence-electron chi connectivity index (χ0n) is 15.1. The Bertz CT molecular complexity index is 698. The van der Waals surface area contributed by atoms with Crippen molar-refractivity contribution >= 4 is 6.03 Å². The zero-order chi connectivity index (χ0) is 18.4. The van der Waals surface area contributed by atoms with Crippen LogP contribution in [0.4, 0.5) is 4.79 Å². The molecule has 3 heterocycles. The zero-order valence-corrected chi connectivity index (χ0v) is 15.1. The molecule has 2 amide bonds. The molecule has 2 aromatic rings. The van der Waals surface area contributed by atoms with E-state index in [9.17, 15) is 4.79 Å². The number of nitrogens with zero attached hydrogens (tertiary/aromatic N) is 5. The van der Waals surface area contributed by atoms with Gasteiger partial charge in [0.2, 0.25) is 5.82 Å². The predicted octanol–water partition coefficient (Wildman–Crippen LogP) is 1.87. The Morgan fingerprint density at radius 3 is 2.88 bits per heavy atom. The van der Waals surface area contributed by atoms with E-state index < -0.39 is 0 Å². The Labute approximate surface area is 152 Å². The van der Waals surface area contributed by atoms with Crippen LogP contribution in [0.3, 0.4) is 0 Å². The van der Waals surface area contributed by atoms with Crippen LogP contribution in [0.1, 0.15) is 32.6 Å². The Morgan fingerprint density at radius 2 is 2.19 bits per heavy atom. The smallest absolute Gasteiger partial charge is 0.317 e. The highest BCUT2D eigenvalue weighted by atomic mass is 16.5. The van der Waals surface area contributed by atoms with Gasteiger partial charge >= 0.3 is 6.03 Å². The molecule has 0 aliphatic carbocycles. The van der Waals surface area contributed by atoms with Gasteiger partial charge in [0.1, 0.15) is 12.3 Å². The summed E-state index contributed by atoms with van der Waals surface area (Å²) in [5, 5.41) is 6.83. The van der Waals surface area contributed by atoms with Crippen LogP contribution in [0.15, 0.2) is 23.1 Å². The average Bonchev–Trinajstić information content (AvgIpc) is 3.14. The fourth-order valence-corrected chi connectivity index (χ4v) is 2.65. The molecule has 9 heteroatoms. The van der Waals surface area contributed by atoms with E-state index in [1.807, 2.05) is 4.90 Å². The quantitative estimate of drug-likeness (QED) is 0.838. The lowest BCUT2D eigenvalue weighted by Crippen LogP contribution is -2.46. The molecule has 0 radical (unpaired) electrons. The molecule has 0 atom stereocenters. The second-order valence-electron chi connectivity index (χ2n) is 6.68. The standard InChI is InChI=1S/C17H24N6O3/c1-12(2)9-20-17(24)23-7-3-13(4-8-23)25-11-15-21-16(22-26-15)14-10-18-5-6-19-14/h5-6,10,12-13H,3-4,7-9,11H2,1-2H3,(H,20,24). The molecule has 2 aromatic heterocycles. The van der Waals surface area contributed by atoms with E-state index in [1.165, 1.54) is 0 Å². The van der Waals surface area contributed by atoms with Gasteiger partial charge in [0, 0.05) is 32.0 Å². The van der Waals surface area contributed by atoms with Gasteiger partial charge in [0.15, 0.2) is 0 Å². The normalized spacial score (nSPS) is 15.4. The summed E-state index contributed by atoms with van der Waals surface area (Å²) in [7, 11) is 0. The maximum absolute atomic E-state index is 12.1. The van der Waals surface area contributed by atoms with Crippen molar-refractivity contribution < 1.29 is 14.1 Å². The van der Waals surface area contributed by atoms with Gasteiger partial charge in [-0.1, -0.05) is 19.0 Å². The van der Waals surface area contributed by atoms with Crippen molar-refractivity contribution in [2.24, 2.45) is 5.92 Å². The predicted molar refractivity (Wildman–Crippen MR) is 92.9 cm³/mol. The molecule has 0 bridgehead atoms. The first-order chi connectivity index (χ1) is 12.6. The first kappa shape index (κ1) is 18.2. The van der Waals surface area contributed by atoms with Crippen LogP contribution in [0.25, 0.3) is 11.5 Å². The molecule has 0 aromatic carbocycles. The highest BCUT2D eigenvalue weighted by molar-refractivity contribution is 5.74. The minimum atomic E-state index is 0.00247. The highest BCUT2D eigenvalue weighted by Crippen LogP contribution is 2.17. The molecule has 0 saturated carbocycles. The summed E-state index contributed by atoms with van der Waals surface area (Å²) in [5.41, 5.74) is 0.559. The van der Waals surface area contributed by atoms with Crippen molar-refractivity contribution in [3.8, 4) is 11.5 Å². The fourth-order valence-electron chi connectivity index (χ4n) is 2.65. The summed E-state index contributed by atoms with van der Waals surface area (Å²) in [6, 6.07) is 0.00247. The van der Waals surface area contributed by atoms with Crippen molar-refractivity contribution in [2.75, 3.05) is 19.6 Å². The summed E-state index contributed by atoms with van der Waals surface area (Å²) < 4.78 is 11.0. The van der Waals surface area contributed by atoms with Crippen LogP contribution >= 0.6 is 0 Å². The average molecular weight is 360 g/mol. The molecular formula is C17H24N6O3. The van der Waals surface area contributed by atoms with E-state index in [2.05, 4.69) is 39.3 Å². The van der Waals surface area contributed by atoms with Gasteiger partial charge in [-0.2, -0.15) is 4.98 Å². The van der Waals surface area contributed by atoms with Gasteiger partial charge < -0.3 is 19.5 Å². The van der Waals surface area contributed by atoms with Crippen LogP contribution in [-0.4, -0.2) is 56.8 Å². The Hall–Kier alpha value is -2.55. The summed E-state index contributed by atoms with van der Waals surface area (Å²) >= 11 is 0. The minimum absolute atomic E-state index is 0.00247. The van der Waals surface area contributed by atoms with Crippen molar-refractivity contribution in [2.45, 2.75) is 39.4 Å². The first-order valence-electron chi connectivity index (χ1n) is 8.85. The van der Waals surface area contributed by atoms with E-state index in [0.29, 0.717) is 43.0 Å². The number of carbonyl (C=O) groups excluding carboxylic acids is 1. The number of hydrogen-bond donors (Lipinski definition) is 1. The largest absolute Gasteiger partial charge is 0.368 e. The van der Waals surface area contributed by atoms with Crippen molar-refractivity contribution in [1.29, 1.82) is 0 Å². The summed E-state index contributed by atoms with van der Waals surface area (Å²) in [6.07, 6.45) is 6.41. The number of carbonyl (C=O) groups is 1. The molecule has 1 saturated heterocycles. The molecule has 9 nitrogen and oxygen atoms in total. The first-order valence-corrected chi connectivity index (χ1v) is 8.85. The third kappa shape index (κ3) is 4.98. The van der Waals surface area contributed by atoms with E-state index >= 15 is 0 Å². The molecule has 1 fully saturated rings. The monoisotopic (exact) mass is 360 g/mol. The lowest BCUT2D eigenvalue weighted by Gasteiger charge is -2.31. The third-order valence-corrected chi connectivity index (χ3v) is 4.09. The summed E-state index contributed by atoms with van der Waals surface area (Å²) in [5.74, 6) is 1.25. The molecule has 26 heavy (non-hydrogen) atoms. The minimum Gasteiger partial charge on any atom is -0.368 e. The number of hydrogen-bond acceptors (Lipinski definition) is 7. The van der Waals surface area contributed by atoms with Gasteiger partial charge in [0.25, 0.3) is 5.89 Å². The summed E-state index contributed by atoms with van der Waals surface area (Å²) in [4.78, 5) is 26.3. The maximum Gasteiger partial charge on any atom is 0.317 e. The van der Waals surface area contributed by atoms with Gasteiger partial charge in [-0.05, 0) is 18.8 Å². The molecule has 1 N–H and O–H groups in total. The van der Waals surface area contributed by atoms with Crippen molar-refractivity contribution in [1.82, 2.24) is 30.3 Å². The lowest BCUT2D eigenvalue weighted by atomic mass is 10.1. The third-order valence-electron chi connectivity index (χ3n) is 4.09. The van der Waals surface area contributed by atoms with Crippen LogP contribution in [0, 0.1) is 5.92 Å². The van der Waals surface area contributed by atoms with Crippen LogP contribution in [0.5, 0.6) is 0 Å². The number of urea groups is 1. The number of nitrogens with one attached hydrogen (secondary N) is 1. The van der Waals surface area contributed by atoms with Gasteiger partial charge in [-0.3, -0.25) is 4.98 Å². The summed E-state index contributed by atoms with van der Waals surface area (Å²) in [6.45, 7) is 6.46. The van der Waals surface area contributed by atoms with Gasteiger partial charge in [-0.25, -0.2) is 9.78 Å². The Kier molecular flexibility index (Phi) is 6.11. The van der Waals surface area contributed by atoms with Crippen LogP contribution < -0.4 is 5.32 Å². The molecule has 0 unspecified atom stereocenters. The lowest BCUT2D eigenvalue weighted by molar-refractivity contribution is -0.00613. The Balaban J connectivity index is 1.42. The molecule has 3 rings (SSSR count). The van der Waals surface area contributed by atoms with Crippen LogP contribution in [-0.2, 0) is 11.3 Å². The van der Waals surface area contributed by atoms with Gasteiger partial charge in [-0.15, -0.1) is 0 Å². The second kappa shape index (κ2) is 8.70. The number of piperidine rings is 1. The van der Waals surface area contributed by atoms with E-state index in [4.69, 9.17) is 9.26 Å². The SMILES string of the molecule is CC(C)CNC(=O)N1CCC(OCc2nc(-c3cnccn3)no2)CC1. The molecule has 1 aliphatic heterocycles. The van der Waals surface area contributed by atoms with E-state index in [-0.39, 0.29) is 18.7 Å². The van der Waals surface area contributed by atoms with E-state index in [1.54, 1.807) is 18.6 Å². The Morgan fingerprint density at radius 1 is 1.38 bits per heavy atom. The fraction of sp³-hybridized carbons (Fsp3) is 0.588. The number of likely N-dealkylation sites (tertiary alicyclic amines) is 1. The van der Waals surface area contributed by atoms with Crippen molar-refractivity contribution in [3.05, 3.63) is 24.5 Å². The van der Waals surface area contributed by atoms with Crippen molar-refractivity contribution in [3.63, 3.8) is 0 Å².